The summed E-state index contributed by atoms with van der Waals surface area (Å²) in [4.78, 5) is 16.8. The minimum atomic E-state index is -1.05. The standard InChI is InChI=1S/C25H19N5O3.Li/c1-2-20-23(22(25(31)32)19-9-5-6-10-21(19)26-20)33-16-13-11-15(12-14-16)17-7-3-4-8-18(17)24-27-29-30-28-24;/h3-14H,2H2,1H3,(H,31,32)(H,27,28,29,30);. The van der Waals surface area contributed by atoms with Crippen LogP contribution >= 0.6 is 0 Å². The molecule has 0 amide bonds. The smallest absolute Gasteiger partial charge is 0.340 e. The number of tetrazole rings is 1. The molecule has 0 aliphatic heterocycles. The number of hydrogen-bond acceptors (Lipinski definition) is 6. The van der Waals surface area contributed by atoms with Crippen molar-refractivity contribution in [2.24, 2.45) is 0 Å². The van der Waals surface area contributed by atoms with Crippen LogP contribution in [0.5, 0.6) is 11.5 Å². The van der Waals surface area contributed by atoms with Crippen molar-refractivity contribution in [3.63, 3.8) is 0 Å². The Kier molecular flexibility index (Phi) is 6.73. The van der Waals surface area contributed by atoms with Crippen molar-refractivity contribution in [2.45, 2.75) is 13.3 Å². The number of aromatic nitrogens is 5. The molecule has 5 rings (SSSR count). The molecule has 0 unspecified atom stereocenters. The molecule has 3 aromatic carbocycles. The Labute approximate surface area is 207 Å². The normalized spacial score (nSPS) is 10.6. The first-order chi connectivity index (χ1) is 16.2. The summed E-state index contributed by atoms with van der Waals surface area (Å²) in [5.74, 6) is 0.240. The fraction of sp³-hybridized carbons (Fsp3) is 0.0800. The number of aryl methyl sites for hydroxylation is 1. The van der Waals surface area contributed by atoms with Crippen LogP contribution in [0, 0.1) is 0 Å². The molecule has 0 aliphatic rings. The quantitative estimate of drug-likeness (QED) is 0.363. The summed E-state index contributed by atoms with van der Waals surface area (Å²) < 4.78 is 6.11. The first-order valence-electron chi connectivity index (χ1n) is 10.4. The van der Waals surface area contributed by atoms with E-state index in [1.54, 1.807) is 18.2 Å². The van der Waals surface area contributed by atoms with Crippen molar-refractivity contribution in [3.05, 3.63) is 84.1 Å². The van der Waals surface area contributed by atoms with Gasteiger partial charge in [0.15, 0.2) is 5.75 Å². The van der Waals surface area contributed by atoms with Gasteiger partial charge in [-0.3, -0.25) is 0 Å². The third kappa shape index (κ3) is 4.29. The van der Waals surface area contributed by atoms with Crippen molar-refractivity contribution >= 4 is 35.7 Å². The van der Waals surface area contributed by atoms with Gasteiger partial charge in [0.2, 0.25) is 5.82 Å². The van der Waals surface area contributed by atoms with Crippen LogP contribution in [0.2, 0.25) is 0 Å². The number of H-pyrrole nitrogens is 1. The average molecular weight is 444 g/mol. The number of aromatic carboxylic acids is 1. The summed E-state index contributed by atoms with van der Waals surface area (Å²) in [6.07, 6.45) is 0.538. The molecule has 0 spiro atoms. The monoisotopic (exact) mass is 444 g/mol. The molecule has 8 nitrogen and oxygen atoms in total. The van der Waals surface area contributed by atoms with Crippen LogP contribution < -0.4 is 4.74 Å². The van der Waals surface area contributed by atoms with Gasteiger partial charge in [-0.2, -0.15) is 5.21 Å². The van der Waals surface area contributed by atoms with Crippen molar-refractivity contribution in [3.8, 4) is 34.0 Å². The zero-order valence-electron chi connectivity index (χ0n) is 18.7. The zero-order chi connectivity index (χ0) is 22.8. The Balaban J connectivity index is 0.00000274. The number of nitrogens with one attached hydrogen (secondary N) is 1. The minimum absolute atomic E-state index is 0. The molecule has 0 saturated heterocycles. The number of carbonyl (C=O) groups is 1. The van der Waals surface area contributed by atoms with Gasteiger partial charge in [-0.25, -0.2) is 9.78 Å². The number of carboxylic acid groups (broad SMARTS) is 1. The summed E-state index contributed by atoms with van der Waals surface area (Å²) in [7, 11) is 0. The molecule has 5 aromatic rings. The Morgan fingerprint density at radius 3 is 2.35 bits per heavy atom. The Morgan fingerprint density at radius 2 is 1.68 bits per heavy atom. The number of fused-ring (bicyclic) bond motifs is 1. The van der Waals surface area contributed by atoms with Gasteiger partial charge >= 0.3 is 5.97 Å². The van der Waals surface area contributed by atoms with Gasteiger partial charge < -0.3 is 9.84 Å². The van der Waals surface area contributed by atoms with Crippen molar-refractivity contribution < 1.29 is 14.6 Å². The molecule has 0 atom stereocenters. The van der Waals surface area contributed by atoms with Crippen LogP contribution in [0.3, 0.4) is 0 Å². The van der Waals surface area contributed by atoms with E-state index in [9.17, 15) is 9.90 Å². The van der Waals surface area contributed by atoms with Crippen LogP contribution in [0.15, 0.2) is 72.8 Å². The van der Waals surface area contributed by atoms with E-state index in [1.807, 2.05) is 61.5 Å². The van der Waals surface area contributed by atoms with Crippen LogP contribution in [0.25, 0.3) is 33.4 Å². The van der Waals surface area contributed by atoms with Crippen LogP contribution in [-0.2, 0) is 6.42 Å². The number of benzene rings is 3. The van der Waals surface area contributed by atoms with E-state index >= 15 is 0 Å². The maximum absolute atomic E-state index is 12.2. The first-order valence-corrected chi connectivity index (χ1v) is 10.4. The predicted molar refractivity (Wildman–Crippen MR) is 129 cm³/mol. The molecule has 0 aliphatic carbocycles. The van der Waals surface area contributed by atoms with Crippen molar-refractivity contribution in [1.29, 1.82) is 0 Å². The number of para-hydroxylation sites is 1. The largest absolute Gasteiger partial charge is 0.478 e. The van der Waals surface area contributed by atoms with Gasteiger partial charge in [-0.1, -0.05) is 61.5 Å². The van der Waals surface area contributed by atoms with E-state index in [0.717, 1.165) is 16.7 Å². The summed E-state index contributed by atoms with van der Waals surface area (Å²) in [6, 6.07) is 22.4. The summed E-state index contributed by atoms with van der Waals surface area (Å²) >= 11 is 0. The third-order valence-electron chi connectivity index (χ3n) is 5.37. The summed E-state index contributed by atoms with van der Waals surface area (Å²) in [5.41, 5.74) is 4.07. The van der Waals surface area contributed by atoms with Crippen molar-refractivity contribution in [2.75, 3.05) is 0 Å². The second-order valence-corrected chi connectivity index (χ2v) is 7.35. The molecule has 9 heteroatoms. The van der Waals surface area contributed by atoms with Crippen LogP contribution in [-0.4, -0.2) is 55.5 Å². The molecule has 2 N–H and O–H groups in total. The molecule has 2 aromatic heterocycles. The second-order valence-electron chi connectivity index (χ2n) is 7.35. The SMILES string of the molecule is CCc1nc2ccccc2c(C(=O)O)c1Oc1ccc(-c2ccccc2-c2nn[nH]n2)cc1.[Li]. The number of rotatable bonds is 6. The molecule has 2 heterocycles. The first kappa shape index (κ1) is 23.2. The molecule has 34 heavy (non-hydrogen) atoms. The maximum Gasteiger partial charge on any atom is 0.340 e. The van der Waals surface area contributed by atoms with Gasteiger partial charge in [0.25, 0.3) is 0 Å². The number of hydrogen-bond donors (Lipinski definition) is 2. The van der Waals surface area contributed by atoms with Gasteiger partial charge in [-0.05, 0) is 41.0 Å². The number of carboxylic acids is 1. The molecule has 0 bridgehead atoms. The van der Waals surface area contributed by atoms with E-state index < -0.39 is 5.97 Å². The minimum Gasteiger partial charge on any atom is -0.478 e. The van der Waals surface area contributed by atoms with E-state index in [2.05, 4.69) is 25.6 Å². The molecule has 0 saturated carbocycles. The molecule has 0 fully saturated rings. The summed E-state index contributed by atoms with van der Waals surface area (Å²) in [5, 5.41) is 24.8. The third-order valence-corrected chi connectivity index (χ3v) is 5.37. The van der Waals surface area contributed by atoms with E-state index in [1.165, 1.54) is 0 Å². The fourth-order valence-corrected chi connectivity index (χ4v) is 3.83. The van der Waals surface area contributed by atoms with Crippen LogP contribution in [0.4, 0.5) is 0 Å². The maximum atomic E-state index is 12.2. The number of aromatic amines is 1. The number of pyridine rings is 1. The van der Waals surface area contributed by atoms with Gasteiger partial charge in [0.05, 0.1) is 11.2 Å². The van der Waals surface area contributed by atoms with E-state index in [4.69, 9.17) is 4.74 Å². The molecule has 1 radical (unpaired) electrons. The Hall–Kier alpha value is -3.99. The van der Waals surface area contributed by atoms with Crippen molar-refractivity contribution in [1.82, 2.24) is 25.6 Å². The second kappa shape index (κ2) is 9.87. The topological polar surface area (TPSA) is 114 Å². The van der Waals surface area contributed by atoms with Gasteiger partial charge in [-0.15, -0.1) is 10.2 Å². The molecule has 163 valence electrons. The van der Waals surface area contributed by atoms with E-state index in [0.29, 0.717) is 34.6 Å². The van der Waals surface area contributed by atoms with Gasteiger partial charge in [0, 0.05) is 29.8 Å². The predicted octanol–water partition coefficient (Wildman–Crippen LogP) is 4.75. The summed E-state index contributed by atoms with van der Waals surface area (Å²) in [6.45, 7) is 1.92. The van der Waals surface area contributed by atoms with Crippen LogP contribution in [0.1, 0.15) is 23.0 Å². The molecular formula is C25H19LiN5O3. The fourth-order valence-electron chi connectivity index (χ4n) is 3.83. The Morgan fingerprint density at radius 1 is 0.971 bits per heavy atom. The zero-order valence-corrected chi connectivity index (χ0v) is 18.7. The van der Waals surface area contributed by atoms with E-state index in [-0.39, 0.29) is 30.2 Å². The Bertz CT molecular complexity index is 1450. The molecular weight excluding hydrogens is 425 g/mol. The average Bonchev–Trinajstić information content (AvgIpc) is 3.39. The van der Waals surface area contributed by atoms with Gasteiger partial charge in [0.1, 0.15) is 11.3 Å². The number of nitrogens with zero attached hydrogens (tertiary/aromatic N) is 4. The number of ether oxygens (including phenoxy) is 1.